The van der Waals surface area contributed by atoms with E-state index in [0.29, 0.717) is 18.2 Å². The lowest BCUT2D eigenvalue weighted by molar-refractivity contribution is 0.0704. The predicted molar refractivity (Wildman–Crippen MR) is 93.0 cm³/mol. The first-order chi connectivity index (χ1) is 12.3. The van der Waals surface area contributed by atoms with Gasteiger partial charge in [0.15, 0.2) is 11.5 Å². The van der Waals surface area contributed by atoms with E-state index < -0.39 is 0 Å². The number of carbonyl (C=O) groups excluding carboxylic acids is 1. The predicted octanol–water partition coefficient (Wildman–Crippen LogP) is 1.52. The van der Waals surface area contributed by atoms with Crippen molar-refractivity contribution in [3.05, 3.63) is 60.3 Å². The zero-order chi connectivity index (χ0) is 17.1. The number of pyridine rings is 2. The number of nitrogens with one attached hydrogen (secondary N) is 1. The second-order valence-electron chi connectivity index (χ2n) is 6.23. The lowest BCUT2D eigenvalue weighted by Crippen LogP contribution is -2.44. The van der Waals surface area contributed by atoms with Crippen LogP contribution < -0.4 is 5.32 Å². The summed E-state index contributed by atoms with van der Waals surface area (Å²) in [7, 11) is 0. The largest absolute Gasteiger partial charge is 0.338 e. The van der Waals surface area contributed by atoms with Crippen molar-refractivity contribution < 1.29 is 4.79 Å². The molecule has 1 fully saturated rings. The van der Waals surface area contributed by atoms with Gasteiger partial charge in [-0.05, 0) is 37.1 Å². The molecule has 1 aliphatic heterocycles. The SMILES string of the molecule is O=C(c1cccnc1)N1CCC(NCc2nnc3ccccn23)CC1. The van der Waals surface area contributed by atoms with Gasteiger partial charge in [0.2, 0.25) is 0 Å². The monoisotopic (exact) mass is 336 g/mol. The topological polar surface area (TPSA) is 75.4 Å². The van der Waals surface area contributed by atoms with Gasteiger partial charge in [0.05, 0.1) is 12.1 Å². The third kappa shape index (κ3) is 3.36. The van der Waals surface area contributed by atoms with Crippen LogP contribution in [0.2, 0.25) is 0 Å². The van der Waals surface area contributed by atoms with Gasteiger partial charge in [-0.15, -0.1) is 10.2 Å². The van der Waals surface area contributed by atoms with Gasteiger partial charge in [-0.2, -0.15) is 0 Å². The molecule has 0 saturated carbocycles. The minimum Gasteiger partial charge on any atom is -0.338 e. The average molecular weight is 336 g/mol. The Hall–Kier alpha value is -2.80. The van der Waals surface area contributed by atoms with E-state index in [1.807, 2.05) is 39.8 Å². The number of nitrogens with zero attached hydrogens (tertiary/aromatic N) is 5. The number of carbonyl (C=O) groups is 1. The van der Waals surface area contributed by atoms with Crippen LogP contribution in [0, 0.1) is 0 Å². The van der Waals surface area contributed by atoms with Crippen molar-refractivity contribution in [3.8, 4) is 0 Å². The molecule has 25 heavy (non-hydrogen) atoms. The molecule has 0 spiro atoms. The molecular formula is C18H20N6O. The molecule has 3 aromatic rings. The number of fused-ring (bicyclic) bond motifs is 1. The average Bonchev–Trinajstić information content (AvgIpc) is 3.10. The maximum Gasteiger partial charge on any atom is 0.255 e. The number of aromatic nitrogens is 4. The first-order valence-electron chi connectivity index (χ1n) is 8.52. The van der Waals surface area contributed by atoms with Crippen molar-refractivity contribution in [2.45, 2.75) is 25.4 Å². The van der Waals surface area contributed by atoms with Crippen molar-refractivity contribution in [2.75, 3.05) is 13.1 Å². The van der Waals surface area contributed by atoms with E-state index in [0.717, 1.165) is 37.4 Å². The van der Waals surface area contributed by atoms with Gasteiger partial charge < -0.3 is 10.2 Å². The van der Waals surface area contributed by atoms with Crippen LogP contribution in [0.15, 0.2) is 48.9 Å². The summed E-state index contributed by atoms with van der Waals surface area (Å²) in [6, 6.07) is 9.87. The van der Waals surface area contributed by atoms with E-state index in [4.69, 9.17) is 0 Å². The third-order valence-electron chi connectivity index (χ3n) is 4.62. The van der Waals surface area contributed by atoms with E-state index in [1.165, 1.54) is 0 Å². The molecule has 1 N–H and O–H groups in total. The molecule has 0 aliphatic carbocycles. The summed E-state index contributed by atoms with van der Waals surface area (Å²) in [5.74, 6) is 0.972. The Morgan fingerprint density at radius 3 is 2.84 bits per heavy atom. The number of rotatable bonds is 4. The lowest BCUT2D eigenvalue weighted by Gasteiger charge is -2.32. The van der Waals surface area contributed by atoms with E-state index in [9.17, 15) is 4.79 Å². The molecule has 0 unspecified atom stereocenters. The van der Waals surface area contributed by atoms with Gasteiger partial charge >= 0.3 is 0 Å². The summed E-state index contributed by atoms with van der Waals surface area (Å²) in [5, 5.41) is 11.9. The van der Waals surface area contributed by atoms with E-state index in [1.54, 1.807) is 18.5 Å². The second kappa shape index (κ2) is 6.98. The van der Waals surface area contributed by atoms with Crippen molar-refractivity contribution >= 4 is 11.6 Å². The molecule has 1 amide bonds. The molecule has 1 saturated heterocycles. The van der Waals surface area contributed by atoms with Gasteiger partial charge in [-0.1, -0.05) is 6.07 Å². The number of hydrogen-bond donors (Lipinski definition) is 1. The zero-order valence-electron chi connectivity index (χ0n) is 13.9. The van der Waals surface area contributed by atoms with Gasteiger partial charge in [0.25, 0.3) is 5.91 Å². The van der Waals surface area contributed by atoms with Crippen LogP contribution in [0.5, 0.6) is 0 Å². The van der Waals surface area contributed by atoms with Crippen molar-refractivity contribution in [2.24, 2.45) is 0 Å². The van der Waals surface area contributed by atoms with Crippen LogP contribution >= 0.6 is 0 Å². The molecule has 1 aliphatic rings. The Labute approximate surface area is 145 Å². The van der Waals surface area contributed by atoms with Crippen LogP contribution in [-0.4, -0.2) is 49.5 Å². The minimum atomic E-state index is 0.0648. The normalized spacial score (nSPS) is 15.6. The van der Waals surface area contributed by atoms with E-state index >= 15 is 0 Å². The van der Waals surface area contributed by atoms with E-state index in [2.05, 4.69) is 20.5 Å². The summed E-state index contributed by atoms with van der Waals surface area (Å²) in [6.07, 6.45) is 7.15. The summed E-state index contributed by atoms with van der Waals surface area (Å²) < 4.78 is 1.99. The highest BCUT2D eigenvalue weighted by Gasteiger charge is 2.23. The molecule has 0 bridgehead atoms. The molecule has 3 aromatic heterocycles. The van der Waals surface area contributed by atoms with Crippen LogP contribution in [-0.2, 0) is 6.54 Å². The zero-order valence-corrected chi connectivity index (χ0v) is 13.9. The fraction of sp³-hybridized carbons (Fsp3) is 0.333. The number of hydrogen-bond acceptors (Lipinski definition) is 5. The smallest absolute Gasteiger partial charge is 0.255 e. The van der Waals surface area contributed by atoms with Crippen LogP contribution in [0.4, 0.5) is 0 Å². The van der Waals surface area contributed by atoms with Crippen LogP contribution in [0.3, 0.4) is 0 Å². The third-order valence-corrected chi connectivity index (χ3v) is 4.62. The summed E-state index contributed by atoms with van der Waals surface area (Å²) in [6.45, 7) is 2.18. The van der Waals surface area contributed by atoms with Gasteiger partial charge in [-0.25, -0.2) is 0 Å². The quantitative estimate of drug-likeness (QED) is 0.782. The molecule has 0 atom stereocenters. The minimum absolute atomic E-state index is 0.0648. The number of likely N-dealkylation sites (tertiary alicyclic amines) is 1. The Morgan fingerprint density at radius 2 is 2.04 bits per heavy atom. The Morgan fingerprint density at radius 1 is 1.16 bits per heavy atom. The molecule has 0 radical (unpaired) electrons. The molecular weight excluding hydrogens is 316 g/mol. The molecule has 7 heteroatoms. The molecule has 4 heterocycles. The van der Waals surface area contributed by atoms with E-state index in [-0.39, 0.29) is 5.91 Å². The molecule has 4 rings (SSSR count). The van der Waals surface area contributed by atoms with Crippen LogP contribution in [0.1, 0.15) is 29.0 Å². The van der Waals surface area contributed by atoms with Gasteiger partial charge in [-0.3, -0.25) is 14.2 Å². The Balaban J connectivity index is 1.31. The lowest BCUT2D eigenvalue weighted by atomic mass is 10.0. The maximum atomic E-state index is 12.4. The summed E-state index contributed by atoms with van der Waals surface area (Å²) >= 11 is 0. The van der Waals surface area contributed by atoms with Crippen molar-refractivity contribution in [3.63, 3.8) is 0 Å². The maximum absolute atomic E-state index is 12.4. The number of piperidine rings is 1. The van der Waals surface area contributed by atoms with Crippen LogP contribution in [0.25, 0.3) is 5.65 Å². The fourth-order valence-electron chi connectivity index (χ4n) is 3.21. The standard InChI is InChI=1S/C18H20N6O/c25-18(14-4-3-8-19-12-14)23-10-6-15(7-11-23)20-13-17-22-21-16-5-1-2-9-24(16)17/h1-5,8-9,12,15,20H,6-7,10-11,13H2. The highest BCUT2D eigenvalue weighted by molar-refractivity contribution is 5.93. The van der Waals surface area contributed by atoms with Gasteiger partial charge in [0, 0.05) is 37.7 Å². The Bertz CT molecular complexity index is 854. The Kier molecular flexibility index (Phi) is 4.39. The first kappa shape index (κ1) is 15.7. The molecule has 0 aromatic carbocycles. The second-order valence-corrected chi connectivity index (χ2v) is 6.23. The molecule has 128 valence electrons. The summed E-state index contributed by atoms with van der Waals surface area (Å²) in [4.78, 5) is 18.4. The first-order valence-corrected chi connectivity index (χ1v) is 8.52. The van der Waals surface area contributed by atoms with Crippen molar-refractivity contribution in [1.29, 1.82) is 0 Å². The summed E-state index contributed by atoms with van der Waals surface area (Å²) in [5.41, 5.74) is 1.51. The highest BCUT2D eigenvalue weighted by Crippen LogP contribution is 2.14. The fourth-order valence-corrected chi connectivity index (χ4v) is 3.21. The molecule has 7 nitrogen and oxygen atoms in total. The number of amides is 1. The highest BCUT2D eigenvalue weighted by atomic mass is 16.2. The van der Waals surface area contributed by atoms with Gasteiger partial charge in [0.1, 0.15) is 0 Å². The van der Waals surface area contributed by atoms with Crippen molar-refractivity contribution in [1.82, 2.24) is 29.8 Å².